The Bertz CT molecular complexity index is 377. The molecule has 0 amide bonds. The van der Waals surface area contributed by atoms with Gasteiger partial charge in [0.25, 0.3) is 0 Å². The van der Waals surface area contributed by atoms with Gasteiger partial charge in [0.05, 0.1) is 12.4 Å². The summed E-state index contributed by atoms with van der Waals surface area (Å²) in [5.74, 6) is 0. The van der Waals surface area contributed by atoms with Crippen LogP contribution in [0, 0.1) is 0 Å². The van der Waals surface area contributed by atoms with Gasteiger partial charge in [-0.1, -0.05) is 60.7 Å². The van der Waals surface area contributed by atoms with Crippen molar-refractivity contribution < 1.29 is 4.74 Å². The van der Waals surface area contributed by atoms with Gasteiger partial charge < -0.3 is 4.74 Å². The van der Waals surface area contributed by atoms with Crippen molar-refractivity contribution in [3.8, 4) is 0 Å². The van der Waals surface area contributed by atoms with Gasteiger partial charge in [0.1, 0.15) is 8.07 Å². The minimum atomic E-state index is -1.47. The molecule has 0 spiro atoms. The summed E-state index contributed by atoms with van der Waals surface area (Å²) in [5.41, 5.74) is 2.32. The molecule has 0 saturated heterocycles. The minimum absolute atomic E-state index is 0.468. The molecule has 2 rings (SSSR count). The van der Waals surface area contributed by atoms with Crippen molar-refractivity contribution in [1.29, 1.82) is 0 Å². The maximum absolute atomic E-state index is 5.89. The van der Waals surface area contributed by atoms with Crippen LogP contribution in [0.1, 0.15) is 32.1 Å². The molecule has 0 atom stereocenters. The first-order chi connectivity index (χ1) is 8.68. The molecule has 0 heterocycles. The summed E-state index contributed by atoms with van der Waals surface area (Å²) in [5, 5.41) is 1.47. The van der Waals surface area contributed by atoms with Gasteiger partial charge in [0.15, 0.2) is 0 Å². The molecule has 1 fully saturated rings. The van der Waals surface area contributed by atoms with E-state index in [1.807, 2.05) is 6.26 Å². The fraction of sp³-hybridized carbons (Fsp3) is 0.500. The number of hydrogen-bond donors (Lipinski definition) is 0. The van der Waals surface area contributed by atoms with E-state index >= 15 is 0 Å². The van der Waals surface area contributed by atoms with Crippen LogP contribution in [0.2, 0.25) is 13.1 Å². The Hall–Kier alpha value is -1.02. The molecular formula is C16H24OSi. The Balaban J connectivity index is 1.91. The van der Waals surface area contributed by atoms with Gasteiger partial charge in [-0.25, -0.2) is 0 Å². The standard InChI is InChI=1S/C16H24OSi/c1-18(2,16-11-7-4-8-12-16)14-13-17-15-9-5-3-6-10-15/h4,7-8,11-15H,3,5-6,9-10H2,1-2H3/b14-13+. The molecule has 0 bridgehead atoms. The SMILES string of the molecule is C[Si](C)(/C=C/OC1CCCCC1)c1ccccc1. The van der Waals surface area contributed by atoms with Crippen LogP contribution in [0.25, 0.3) is 0 Å². The van der Waals surface area contributed by atoms with E-state index in [0.717, 1.165) is 0 Å². The number of ether oxygens (including phenoxy) is 1. The summed E-state index contributed by atoms with van der Waals surface area (Å²) in [6.07, 6.45) is 8.96. The van der Waals surface area contributed by atoms with Crippen LogP contribution < -0.4 is 5.19 Å². The van der Waals surface area contributed by atoms with E-state index in [9.17, 15) is 0 Å². The first kappa shape index (κ1) is 13.4. The van der Waals surface area contributed by atoms with Gasteiger partial charge in [-0.3, -0.25) is 0 Å². The lowest BCUT2D eigenvalue weighted by Crippen LogP contribution is -2.39. The van der Waals surface area contributed by atoms with Crippen molar-refractivity contribution >= 4 is 13.3 Å². The highest BCUT2D eigenvalue weighted by molar-refractivity contribution is 6.93. The van der Waals surface area contributed by atoms with Gasteiger partial charge in [0, 0.05) is 0 Å². The average Bonchev–Trinajstić information content (AvgIpc) is 2.41. The third-order valence-corrected chi connectivity index (χ3v) is 6.62. The summed E-state index contributed by atoms with van der Waals surface area (Å²) in [6.45, 7) is 4.73. The molecule has 0 aliphatic heterocycles. The van der Waals surface area contributed by atoms with Crippen molar-refractivity contribution in [3.63, 3.8) is 0 Å². The maximum Gasteiger partial charge on any atom is 0.107 e. The molecule has 0 N–H and O–H groups in total. The maximum atomic E-state index is 5.89. The highest BCUT2D eigenvalue weighted by atomic mass is 28.3. The Labute approximate surface area is 112 Å². The van der Waals surface area contributed by atoms with Crippen molar-refractivity contribution in [2.75, 3.05) is 0 Å². The molecule has 98 valence electrons. The van der Waals surface area contributed by atoms with E-state index in [1.165, 1.54) is 37.3 Å². The zero-order valence-electron chi connectivity index (χ0n) is 11.6. The fourth-order valence-electron chi connectivity index (χ4n) is 2.49. The van der Waals surface area contributed by atoms with Gasteiger partial charge in [-0.15, -0.1) is 0 Å². The molecule has 0 aromatic heterocycles. The number of hydrogen-bond acceptors (Lipinski definition) is 1. The summed E-state index contributed by atoms with van der Waals surface area (Å²) < 4.78 is 5.89. The van der Waals surface area contributed by atoms with E-state index in [0.29, 0.717) is 6.10 Å². The lowest BCUT2D eigenvalue weighted by atomic mass is 9.98. The van der Waals surface area contributed by atoms with Gasteiger partial charge in [-0.05, 0) is 25.7 Å². The second-order valence-electron chi connectivity index (χ2n) is 5.79. The quantitative estimate of drug-likeness (QED) is 0.587. The highest BCUT2D eigenvalue weighted by Crippen LogP contribution is 2.20. The topological polar surface area (TPSA) is 9.23 Å². The first-order valence-electron chi connectivity index (χ1n) is 7.07. The molecule has 1 saturated carbocycles. The van der Waals surface area contributed by atoms with E-state index in [1.54, 1.807) is 0 Å². The predicted octanol–water partition coefficient (Wildman–Crippen LogP) is 4.00. The molecule has 1 nitrogen and oxygen atoms in total. The summed E-state index contributed by atoms with van der Waals surface area (Å²) in [6, 6.07) is 10.8. The van der Waals surface area contributed by atoms with Crippen LogP contribution in [-0.4, -0.2) is 14.2 Å². The molecule has 2 heteroatoms. The van der Waals surface area contributed by atoms with Crippen LogP contribution in [0.3, 0.4) is 0 Å². The van der Waals surface area contributed by atoms with Crippen molar-refractivity contribution in [2.24, 2.45) is 0 Å². The van der Waals surface area contributed by atoms with Crippen LogP contribution in [0.5, 0.6) is 0 Å². The molecule has 18 heavy (non-hydrogen) atoms. The largest absolute Gasteiger partial charge is 0.499 e. The Morgan fingerprint density at radius 3 is 2.39 bits per heavy atom. The Morgan fingerprint density at radius 1 is 1.06 bits per heavy atom. The summed E-state index contributed by atoms with van der Waals surface area (Å²) >= 11 is 0. The highest BCUT2D eigenvalue weighted by Gasteiger charge is 2.20. The molecule has 1 aliphatic rings. The van der Waals surface area contributed by atoms with Gasteiger partial charge >= 0.3 is 0 Å². The molecule has 0 unspecified atom stereocenters. The third-order valence-electron chi connectivity index (χ3n) is 3.83. The first-order valence-corrected chi connectivity index (χ1v) is 10.1. The molecule has 1 aliphatic carbocycles. The van der Waals surface area contributed by atoms with E-state index in [4.69, 9.17) is 4.74 Å². The number of rotatable bonds is 4. The Kier molecular flexibility index (Phi) is 4.64. The normalized spacial score (nSPS) is 18.1. The third kappa shape index (κ3) is 3.74. The fourth-order valence-corrected chi connectivity index (χ4v) is 4.15. The lowest BCUT2D eigenvalue weighted by Gasteiger charge is -2.22. The molecule has 0 radical (unpaired) electrons. The molecule has 1 aromatic rings. The zero-order chi connectivity index (χ0) is 12.8. The van der Waals surface area contributed by atoms with E-state index in [-0.39, 0.29) is 0 Å². The van der Waals surface area contributed by atoms with Gasteiger partial charge in [0.2, 0.25) is 0 Å². The van der Waals surface area contributed by atoms with Crippen molar-refractivity contribution in [3.05, 3.63) is 42.3 Å². The monoisotopic (exact) mass is 260 g/mol. The second-order valence-corrected chi connectivity index (χ2v) is 10.1. The van der Waals surface area contributed by atoms with E-state index in [2.05, 4.69) is 49.1 Å². The second kappa shape index (κ2) is 6.23. The smallest absolute Gasteiger partial charge is 0.107 e. The van der Waals surface area contributed by atoms with Crippen LogP contribution in [-0.2, 0) is 4.74 Å². The van der Waals surface area contributed by atoms with Crippen LogP contribution in [0.15, 0.2) is 42.3 Å². The van der Waals surface area contributed by atoms with E-state index < -0.39 is 8.07 Å². The van der Waals surface area contributed by atoms with Crippen molar-refractivity contribution in [2.45, 2.75) is 51.3 Å². The average molecular weight is 260 g/mol. The van der Waals surface area contributed by atoms with Crippen molar-refractivity contribution in [1.82, 2.24) is 0 Å². The minimum Gasteiger partial charge on any atom is -0.499 e. The van der Waals surface area contributed by atoms with Gasteiger partial charge in [-0.2, -0.15) is 0 Å². The molecule has 1 aromatic carbocycles. The summed E-state index contributed by atoms with van der Waals surface area (Å²) in [7, 11) is -1.47. The zero-order valence-corrected chi connectivity index (χ0v) is 12.6. The summed E-state index contributed by atoms with van der Waals surface area (Å²) in [4.78, 5) is 0. The van der Waals surface area contributed by atoms with Crippen LogP contribution >= 0.6 is 0 Å². The molecular weight excluding hydrogens is 236 g/mol. The van der Waals surface area contributed by atoms with Crippen LogP contribution in [0.4, 0.5) is 0 Å². The lowest BCUT2D eigenvalue weighted by molar-refractivity contribution is 0.106. The predicted molar refractivity (Wildman–Crippen MR) is 80.7 cm³/mol. The number of benzene rings is 1. The Morgan fingerprint density at radius 2 is 1.72 bits per heavy atom.